The Morgan fingerprint density at radius 2 is 1.58 bits per heavy atom. The third-order valence-electron chi connectivity index (χ3n) is 1.23. The number of aldehydes is 2. The third kappa shape index (κ3) is 16.2. The van der Waals surface area contributed by atoms with Crippen molar-refractivity contribution in [2.75, 3.05) is 0 Å². The van der Waals surface area contributed by atoms with Crippen molar-refractivity contribution in [3.63, 3.8) is 0 Å². The number of rotatable bonds is 2. The van der Waals surface area contributed by atoms with Gasteiger partial charge in [0.05, 0.1) is 0 Å². The highest BCUT2D eigenvalue weighted by Crippen LogP contribution is 2.05. The minimum Gasteiger partial charge on any atom is -0.303 e. The monoisotopic (exact) mass is 172 g/mol. The zero-order valence-corrected chi connectivity index (χ0v) is 8.76. The molecule has 0 aromatic carbocycles. The Hall–Kier alpha value is -0.660. The molecule has 0 radical (unpaired) electrons. The lowest BCUT2D eigenvalue weighted by atomic mass is 10.0. The SMILES string of the molecule is CC(C)(C)C=O.CCC(C)C=O. The van der Waals surface area contributed by atoms with E-state index in [1.54, 1.807) is 0 Å². The molecule has 0 saturated carbocycles. The molecular formula is C10H20O2. The van der Waals surface area contributed by atoms with E-state index in [0.717, 1.165) is 19.0 Å². The highest BCUT2D eigenvalue weighted by molar-refractivity contribution is 5.56. The first-order valence-corrected chi connectivity index (χ1v) is 4.29. The van der Waals surface area contributed by atoms with Gasteiger partial charge in [0.1, 0.15) is 12.6 Å². The van der Waals surface area contributed by atoms with Crippen LogP contribution in [-0.2, 0) is 9.59 Å². The maximum absolute atomic E-state index is 9.83. The summed E-state index contributed by atoms with van der Waals surface area (Å²) in [6.07, 6.45) is 2.87. The molecule has 1 atom stereocenters. The van der Waals surface area contributed by atoms with Gasteiger partial charge in [-0.1, -0.05) is 34.6 Å². The predicted octanol–water partition coefficient (Wildman–Crippen LogP) is 2.46. The van der Waals surface area contributed by atoms with Gasteiger partial charge in [-0.05, 0) is 6.42 Å². The average molecular weight is 172 g/mol. The molecule has 0 heterocycles. The molecule has 0 N–H and O–H groups in total. The van der Waals surface area contributed by atoms with Crippen molar-refractivity contribution in [1.82, 2.24) is 0 Å². The molecule has 0 spiro atoms. The van der Waals surface area contributed by atoms with Crippen molar-refractivity contribution in [3.05, 3.63) is 0 Å². The number of hydrogen-bond donors (Lipinski definition) is 0. The molecule has 0 fully saturated rings. The molecule has 2 nitrogen and oxygen atoms in total. The molecule has 0 aromatic rings. The van der Waals surface area contributed by atoms with Gasteiger partial charge in [0, 0.05) is 11.3 Å². The van der Waals surface area contributed by atoms with Crippen LogP contribution < -0.4 is 0 Å². The van der Waals surface area contributed by atoms with Gasteiger partial charge in [0.15, 0.2) is 0 Å². The lowest BCUT2D eigenvalue weighted by Gasteiger charge is -2.03. The van der Waals surface area contributed by atoms with Gasteiger partial charge in [-0.15, -0.1) is 0 Å². The topological polar surface area (TPSA) is 34.1 Å². The van der Waals surface area contributed by atoms with E-state index in [0.29, 0.717) is 0 Å². The maximum atomic E-state index is 9.83. The largest absolute Gasteiger partial charge is 0.303 e. The van der Waals surface area contributed by atoms with E-state index in [1.807, 2.05) is 34.6 Å². The molecule has 0 bridgehead atoms. The van der Waals surface area contributed by atoms with Crippen LogP contribution in [0.3, 0.4) is 0 Å². The minimum absolute atomic E-state index is 0.139. The van der Waals surface area contributed by atoms with Crippen molar-refractivity contribution >= 4 is 12.6 Å². The highest BCUT2D eigenvalue weighted by atomic mass is 16.1. The van der Waals surface area contributed by atoms with Crippen molar-refractivity contribution in [3.8, 4) is 0 Å². The van der Waals surface area contributed by atoms with Crippen LogP contribution in [0, 0.1) is 11.3 Å². The van der Waals surface area contributed by atoms with Gasteiger partial charge in [0.2, 0.25) is 0 Å². The zero-order chi connectivity index (χ0) is 10.2. The molecule has 2 heteroatoms. The lowest BCUT2D eigenvalue weighted by molar-refractivity contribution is -0.114. The van der Waals surface area contributed by atoms with Gasteiger partial charge in [-0.3, -0.25) is 0 Å². The number of carbonyl (C=O) groups is 2. The van der Waals surface area contributed by atoms with Crippen LogP contribution >= 0.6 is 0 Å². The summed E-state index contributed by atoms with van der Waals surface area (Å²) < 4.78 is 0. The van der Waals surface area contributed by atoms with Crippen molar-refractivity contribution in [1.29, 1.82) is 0 Å². The summed E-state index contributed by atoms with van der Waals surface area (Å²) in [5, 5.41) is 0. The Bertz CT molecular complexity index is 122. The van der Waals surface area contributed by atoms with Crippen LogP contribution in [0.15, 0.2) is 0 Å². The lowest BCUT2D eigenvalue weighted by Crippen LogP contribution is -2.04. The highest BCUT2D eigenvalue weighted by Gasteiger charge is 2.04. The number of hydrogen-bond acceptors (Lipinski definition) is 2. The zero-order valence-electron chi connectivity index (χ0n) is 8.76. The normalized spacial score (nSPS) is 12.4. The van der Waals surface area contributed by atoms with E-state index in [1.165, 1.54) is 0 Å². The summed E-state index contributed by atoms with van der Waals surface area (Å²) in [5.41, 5.74) is -0.139. The van der Waals surface area contributed by atoms with Gasteiger partial charge < -0.3 is 9.59 Å². The smallest absolute Gasteiger partial charge is 0.125 e. The molecule has 0 aromatic heterocycles. The standard InChI is InChI=1S/2C5H10O/c1-5(2,3)4-6;1-3-5(2)4-6/h4H,1-3H3;4-5H,3H2,1-2H3. The molecule has 72 valence electrons. The summed E-state index contributed by atoms with van der Waals surface area (Å²) in [5.74, 6) is 0.255. The molecule has 0 amide bonds. The third-order valence-corrected chi connectivity index (χ3v) is 1.23. The summed E-state index contributed by atoms with van der Waals surface area (Å²) in [7, 11) is 0. The van der Waals surface area contributed by atoms with Gasteiger partial charge in [-0.25, -0.2) is 0 Å². The Morgan fingerprint density at radius 1 is 1.25 bits per heavy atom. The van der Waals surface area contributed by atoms with Crippen LogP contribution in [0.5, 0.6) is 0 Å². The fraction of sp³-hybridized carbons (Fsp3) is 0.800. The molecule has 0 aliphatic heterocycles. The Labute approximate surface area is 75.4 Å². The fourth-order valence-electron chi connectivity index (χ4n) is 0.0962. The van der Waals surface area contributed by atoms with Gasteiger partial charge in [-0.2, -0.15) is 0 Å². The van der Waals surface area contributed by atoms with Gasteiger partial charge >= 0.3 is 0 Å². The second-order valence-corrected chi connectivity index (χ2v) is 4.01. The maximum Gasteiger partial charge on any atom is 0.125 e. The first-order valence-electron chi connectivity index (χ1n) is 4.29. The van der Waals surface area contributed by atoms with Crippen LogP contribution in [0.2, 0.25) is 0 Å². The minimum atomic E-state index is -0.139. The van der Waals surface area contributed by atoms with E-state index >= 15 is 0 Å². The molecule has 1 unspecified atom stereocenters. The summed E-state index contributed by atoms with van der Waals surface area (Å²) in [6.45, 7) is 9.53. The molecule has 0 saturated heterocycles. The molecule has 0 aliphatic carbocycles. The first kappa shape index (κ1) is 13.9. The summed E-state index contributed by atoms with van der Waals surface area (Å²) in [6, 6.07) is 0. The second kappa shape index (κ2) is 7.01. The van der Waals surface area contributed by atoms with E-state index in [-0.39, 0.29) is 11.3 Å². The molecule has 0 rings (SSSR count). The average Bonchev–Trinajstić information content (AvgIpc) is 2.03. The van der Waals surface area contributed by atoms with Gasteiger partial charge in [0.25, 0.3) is 0 Å². The van der Waals surface area contributed by atoms with E-state index in [9.17, 15) is 9.59 Å². The fourth-order valence-corrected chi connectivity index (χ4v) is 0.0962. The Morgan fingerprint density at radius 3 is 1.58 bits per heavy atom. The van der Waals surface area contributed by atoms with E-state index in [4.69, 9.17) is 0 Å². The second-order valence-electron chi connectivity index (χ2n) is 4.01. The molecule has 12 heavy (non-hydrogen) atoms. The van der Waals surface area contributed by atoms with Crippen LogP contribution in [0.4, 0.5) is 0 Å². The van der Waals surface area contributed by atoms with Crippen LogP contribution in [0.25, 0.3) is 0 Å². The van der Waals surface area contributed by atoms with Crippen LogP contribution in [0.1, 0.15) is 41.0 Å². The number of carbonyl (C=O) groups excluding carboxylic acids is 2. The first-order chi connectivity index (χ1) is 5.37. The summed E-state index contributed by atoms with van der Waals surface area (Å²) in [4.78, 5) is 19.6. The molecular weight excluding hydrogens is 152 g/mol. The Balaban J connectivity index is 0. The quantitative estimate of drug-likeness (QED) is 0.599. The summed E-state index contributed by atoms with van der Waals surface area (Å²) >= 11 is 0. The Kier molecular flexibility index (Phi) is 8.12. The van der Waals surface area contributed by atoms with E-state index < -0.39 is 0 Å². The van der Waals surface area contributed by atoms with Crippen LogP contribution in [-0.4, -0.2) is 12.6 Å². The molecule has 0 aliphatic rings. The van der Waals surface area contributed by atoms with E-state index in [2.05, 4.69) is 0 Å². The van der Waals surface area contributed by atoms with Crippen molar-refractivity contribution < 1.29 is 9.59 Å². The van der Waals surface area contributed by atoms with Crippen molar-refractivity contribution in [2.45, 2.75) is 41.0 Å². The van der Waals surface area contributed by atoms with Crippen molar-refractivity contribution in [2.24, 2.45) is 11.3 Å². The predicted molar refractivity (Wildman–Crippen MR) is 51.0 cm³/mol.